The third kappa shape index (κ3) is 3.95. The zero-order valence-corrected chi connectivity index (χ0v) is 18.1. The Hall–Kier alpha value is -1.26. The first kappa shape index (κ1) is 18.5. The molecule has 6 heteroatoms. The molecule has 0 amide bonds. The van der Waals surface area contributed by atoms with Gasteiger partial charge in [0.15, 0.2) is 0 Å². The topological polar surface area (TPSA) is 46.5 Å². The lowest BCUT2D eigenvalue weighted by molar-refractivity contribution is 0.150. The zero-order chi connectivity index (χ0) is 17.9. The Morgan fingerprint density at radius 1 is 0.720 bits per heavy atom. The molecule has 0 unspecified atom stereocenters. The van der Waals surface area contributed by atoms with Crippen LogP contribution in [0.3, 0.4) is 0 Å². The Labute approximate surface area is 175 Å². The predicted octanol–water partition coefficient (Wildman–Crippen LogP) is 6.79. The largest absolute Gasteiger partial charge is 0.517 e. The quantitative estimate of drug-likeness (QED) is 0.349. The van der Waals surface area contributed by atoms with Gasteiger partial charge in [-0.1, -0.05) is 18.2 Å². The van der Waals surface area contributed by atoms with Crippen LogP contribution < -0.4 is 0 Å². The van der Waals surface area contributed by atoms with E-state index in [0.29, 0.717) is 0 Å². The summed E-state index contributed by atoms with van der Waals surface area (Å²) in [6.07, 6.45) is -1.28. The average molecular weight is 576 g/mol. The summed E-state index contributed by atoms with van der Waals surface area (Å²) in [5.41, 5.74) is 0. The highest BCUT2D eigenvalue weighted by atomic mass is 127. The van der Waals surface area contributed by atoms with E-state index in [1.807, 2.05) is 78.9 Å². The zero-order valence-electron chi connectivity index (χ0n) is 12.9. The Kier molecular flexibility index (Phi) is 5.90. The summed E-state index contributed by atoms with van der Waals surface area (Å²) >= 11 is 4.47. The van der Waals surface area contributed by atoms with Gasteiger partial charge in [0.1, 0.15) is 0 Å². The van der Waals surface area contributed by atoms with Crippen molar-refractivity contribution in [2.24, 2.45) is 0 Å². The van der Waals surface area contributed by atoms with Crippen LogP contribution in [0.15, 0.2) is 93.5 Å². The highest BCUT2D eigenvalue weighted by Gasteiger charge is 2.35. The minimum atomic E-state index is -2.37. The monoisotopic (exact) mass is 576 g/mol. The van der Waals surface area contributed by atoms with E-state index in [1.54, 1.807) is 0 Å². The van der Waals surface area contributed by atoms with Crippen molar-refractivity contribution in [3.8, 4) is 0 Å². The van der Waals surface area contributed by atoms with Crippen LogP contribution in [0.1, 0.15) is 0 Å². The van der Waals surface area contributed by atoms with Crippen LogP contribution in [0.25, 0.3) is 0 Å². The molecule has 3 aromatic rings. The van der Waals surface area contributed by atoms with Crippen molar-refractivity contribution in [1.29, 1.82) is 0 Å². The number of benzene rings is 3. The van der Waals surface area contributed by atoms with E-state index in [1.165, 1.54) is 0 Å². The first-order valence-corrected chi connectivity index (χ1v) is 11.1. The predicted molar refractivity (Wildman–Crippen MR) is 116 cm³/mol. The van der Waals surface area contributed by atoms with Crippen molar-refractivity contribution < 1.29 is 14.1 Å². The smallest absolute Gasteiger partial charge is 0.449 e. The molecule has 0 aliphatic heterocycles. The molecule has 25 heavy (non-hydrogen) atoms. The number of carbonyl (C=O) groups is 1. The van der Waals surface area contributed by atoms with E-state index in [4.69, 9.17) is 4.18 Å². The summed E-state index contributed by atoms with van der Waals surface area (Å²) < 4.78 is 7.84. The Bertz CT molecular complexity index is 820. The van der Waals surface area contributed by atoms with Crippen molar-refractivity contribution in [1.82, 2.24) is 0 Å². The summed E-state index contributed by atoms with van der Waals surface area (Å²) in [4.78, 5) is 14.2. The van der Waals surface area contributed by atoms with Crippen LogP contribution in [0.2, 0.25) is 0 Å². The number of rotatable bonds is 4. The van der Waals surface area contributed by atoms with Crippen LogP contribution in [0.4, 0.5) is 4.79 Å². The Balaban J connectivity index is 2.32. The van der Waals surface area contributed by atoms with Gasteiger partial charge in [0, 0.05) is 21.8 Å². The van der Waals surface area contributed by atoms with Gasteiger partial charge < -0.3 is 9.29 Å². The lowest BCUT2D eigenvalue weighted by atomic mass is 10.4. The second kappa shape index (κ2) is 7.96. The normalized spacial score (nSPS) is 11.8. The maximum Gasteiger partial charge on any atom is 0.517 e. The summed E-state index contributed by atoms with van der Waals surface area (Å²) in [7, 11) is -2.37. The minimum Gasteiger partial charge on any atom is -0.449 e. The van der Waals surface area contributed by atoms with E-state index in [9.17, 15) is 9.90 Å². The van der Waals surface area contributed by atoms with Gasteiger partial charge in [-0.25, -0.2) is 4.79 Å². The number of carboxylic acid groups (broad SMARTS) is 1. The van der Waals surface area contributed by atoms with Gasteiger partial charge in [-0.3, -0.25) is 0 Å². The van der Waals surface area contributed by atoms with E-state index >= 15 is 0 Å². The summed E-state index contributed by atoms with van der Waals surface area (Å²) in [5, 5.41) is 9.54. The van der Waals surface area contributed by atoms with Crippen LogP contribution in [0.5, 0.6) is 0 Å². The third-order valence-corrected chi connectivity index (χ3v) is 8.20. The van der Waals surface area contributed by atoms with Gasteiger partial charge in [0.05, 0.1) is 0 Å². The van der Waals surface area contributed by atoms with E-state index in [-0.39, 0.29) is 0 Å². The maximum atomic E-state index is 11.7. The summed E-state index contributed by atoms with van der Waals surface area (Å²) in [6, 6.07) is 25.3. The Morgan fingerprint density at radius 2 is 1.12 bits per heavy atom. The number of halogens is 2. The first-order chi connectivity index (χ1) is 12.0. The maximum absolute atomic E-state index is 11.7. The van der Waals surface area contributed by atoms with Crippen LogP contribution in [-0.2, 0) is 4.18 Å². The van der Waals surface area contributed by atoms with Crippen molar-refractivity contribution >= 4 is 61.6 Å². The summed E-state index contributed by atoms with van der Waals surface area (Å²) in [6.45, 7) is 0. The highest BCUT2D eigenvalue weighted by Crippen LogP contribution is 2.69. The molecule has 0 bridgehead atoms. The fraction of sp³-hybridized carbons (Fsp3) is 0. The second-order valence-electron chi connectivity index (χ2n) is 5.13. The van der Waals surface area contributed by atoms with E-state index in [0.717, 1.165) is 21.8 Å². The van der Waals surface area contributed by atoms with E-state index in [2.05, 4.69) is 45.2 Å². The van der Waals surface area contributed by atoms with Gasteiger partial charge in [-0.05, 0) is 116 Å². The van der Waals surface area contributed by atoms with Crippen molar-refractivity contribution in [3.05, 3.63) is 86.0 Å². The molecule has 128 valence electrons. The van der Waals surface area contributed by atoms with E-state index < -0.39 is 16.5 Å². The molecule has 0 radical (unpaired) electrons. The molecule has 0 fully saturated rings. The van der Waals surface area contributed by atoms with Crippen LogP contribution >= 0.6 is 55.5 Å². The van der Waals surface area contributed by atoms with Crippen molar-refractivity contribution in [3.63, 3.8) is 0 Å². The van der Waals surface area contributed by atoms with Crippen LogP contribution in [0, 0.1) is 7.14 Å². The molecule has 0 heterocycles. The molecule has 0 saturated heterocycles. The van der Waals surface area contributed by atoms with Crippen LogP contribution in [-0.4, -0.2) is 11.3 Å². The molecule has 0 aliphatic rings. The highest BCUT2D eigenvalue weighted by molar-refractivity contribution is 14.1. The molecule has 0 spiro atoms. The van der Waals surface area contributed by atoms with Gasteiger partial charge >= 0.3 is 6.16 Å². The SMILES string of the molecule is O=C(O)OS(c1ccccc1)(c1ccc(I)cc1)c1ccc(I)cc1. The fourth-order valence-electron chi connectivity index (χ4n) is 2.52. The molecule has 0 saturated carbocycles. The molecule has 0 aliphatic carbocycles. The molecular weight excluding hydrogens is 562 g/mol. The standard InChI is InChI=1S/C19H14I2O3S/c20-14-6-10-17(11-7-14)25(24-19(22)23,16-4-2-1-3-5-16)18-12-8-15(21)9-13-18/h1-13H,(H,22,23). The number of hydrogen-bond acceptors (Lipinski definition) is 2. The molecule has 3 nitrogen and oxygen atoms in total. The lowest BCUT2D eigenvalue weighted by Crippen LogP contribution is -2.12. The lowest BCUT2D eigenvalue weighted by Gasteiger charge is -2.38. The Morgan fingerprint density at radius 3 is 1.52 bits per heavy atom. The third-order valence-electron chi connectivity index (χ3n) is 3.56. The van der Waals surface area contributed by atoms with Crippen molar-refractivity contribution in [2.45, 2.75) is 14.7 Å². The van der Waals surface area contributed by atoms with Crippen molar-refractivity contribution in [2.75, 3.05) is 0 Å². The molecule has 3 rings (SSSR count). The van der Waals surface area contributed by atoms with Gasteiger partial charge in [-0.2, -0.15) is 0 Å². The molecule has 0 atom stereocenters. The van der Waals surface area contributed by atoms with Gasteiger partial charge in [-0.15, -0.1) is 0 Å². The van der Waals surface area contributed by atoms with Gasteiger partial charge in [0.2, 0.25) is 0 Å². The molecular formula is C19H14I2O3S. The molecule has 3 aromatic carbocycles. The first-order valence-electron chi connectivity index (χ1n) is 7.34. The summed E-state index contributed by atoms with van der Waals surface area (Å²) in [5.74, 6) is 0. The van der Waals surface area contributed by atoms with Gasteiger partial charge in [0.25, 0.3) is 0 Å². The average Bonchev–Trinajstić information content (AvgIpc) is 2.62. The molecule has 0 aromatic heterocycles. The second-order valence-corrected chi connectivity index (χ2v) is 10.3. The minimum absolute atomic E-state index is 0.847. The molecule has 1 N–H and O–H groups in total. The number of hydrogen-bond donors (Lipinski definition) is 1. The fourth-order valence-corrected chi connectivity index (χ4v) is 6.14.